The highest BCUT2D eigenvalue weighted by Crippen LogP contribution is 2.47. The Bertz CT molecular complexity index is 5610. The summed E-state index contributed by atoms with van der Waals surface area (Å²) in [4.78, 5) is 141. The van der Waals surface area contributed by atoms with Crippen LogP contribution in [0.5, 0.6) is 5.75 Å². The van der Waals surface area contributed by atoms with Crippen molar-refractivity contribution < 1.29 is 70.5 Å². The van der Waals surface area contributed by atoms with Gasteiger partial charge in [0.1, 0.15) is 59.3 Å². The zero-order chi connectivity index (χ0) is 88.2. The van der Waals surface area contributed by atoms with Crippen LogP contribution in [0.2, 0.25) is 0 Å². The summed E-state index contributed by atoms with van der Waals surface area (Å²) in [6.07, 6.45) is 1.42. The molecule has 3 aliphatic rings. The standard InChI is InChI=1S/C95H105N13O15S/c1-58-59(2)83(60(3)72-53-94(7,8)122-82(58)72)124(118,119)106-90(96)98-48-30-45-74-84(110)103-77(50-62-54-108(92(117)123-93(4,5)6)80-46-27-26-39-67(62)80)86(112)101-75(89(115)120-9)44-28-29-47-97-81(109)52-79(105-91(116)121-56-73-70-42-24-22-40-68(70)69-41-23-25-43-71(69)73)88(114)104-78(87(113)102-76(85(111)100-74)49-61-31-14-10-15-32-61)51-66-55-107(57-99-66)95(63-33-16-11-17-34-63,64-35-18-12-19-36-64)65-37-20-13-21-38-65/h10-27,31-43,46,54-55,57,73-79H,28-30,44-45,47-53,56H2,1-9H3,(H10,96,97,98,100,101,102,103,104,105,106,109,110,111,112,113,114,116)/p-1/t74-,75-,76+,77-,78-,79-/m0/s1. The highest BCUT2D eigenvalue weighted by molar-refractivity contribution is 7.90. The number of hydrogen-bond acceptors (Lipinski definition) is 17. The number of aromatic nitrogens is 3. The van der Waals surface area contributed by atoms with Gasteiger partial charge in [-0.25, -0.2) is 27.7 Å². The minimum Gasteiger partial charge on any atom is -0.607 e. The van der Waals surface area contributed by atoms with E-state index in [1.807, 2.05) is 158 Å². The lowest BCUT2D eigenvalue weighted by molar-refractivity contribution is -0.145. The van der Waals surface area contributed by atoms with Gasteiger partial charge < -0.3 is 66.0 Å². The lowest BCUT2D eigenvalue weighted by atomic mass is 9.77. The van der Waals surface area contributed by atoms with E-state index in [1.165, 1.54) is 10.8 Å². The van der Waals surface area contributed by atoms with Gasteiger partial charge in [-0.1, -0.05) is 188 Å². The Morgan fingerprint density at radius 2 is 1.18 bits per heavy atom. The van der Waals surface area contributed by atoms with Gasteiger partial charge in [0.05, 0.1) is 29.5 Å². The zero-order valence-corrected chi connectivity index (χ0v) is 71.6. The molecule has 2 aliphatic heterocycles. The third-order valence-electron chi connectivity index (χ3n) is 22.7. The topological polar surface area (TPSA) is 382 Å². The summed E-state index contributed by atoms with van der Waals surface area (Å²) < 4.78 is 57.7. The summed E-state index contributed by atoms with van der Waals surface area (Å²) in [5, 5.41) is 33.6. The van der Waals surface area contributed by atoms with Crippen LogP contribution < -0.4 is 46.7 Å². The van der Waals surface area contributed by atoms with E-state index in [4.69, 9.17) is 29.3 Å². The Balaban J connectivity index is 0.874. The van der Waals surface area contributed by atoms with Crippen molar-refractivity contribution in [3.05, 3.63) is 285 Å². The number of nitrogens with one attached hydrogen (secondary N) is 9. The first kappa shape index (κ1) is 88.3. The number of benzene rings is 8. The van der Waals surface area contributed by atoms with Crippen molar-refractivity contribution >= 4 is 80.5 Å². The van der Waals surface area contributed by atoms with Crippen LogP contribution in [0.25, 0.3) is 27.3 Å². The summed E-state index contributed by atoms with van der Waals surface area (Å²) in [7, 11) is -3.30. The molecule has 1 fully saturated rings. The van der Waals surface area contributed by atoms with Gasteiger partial charge in [0.25, 0.3) is 10.0 Å². The van der Waals surface area contributed by atoms with Crippen LogP contribution >= 0.6 is 0 Å². The number of amides is 7. The Labute approximate surface area is 720 Å². The van der Waals surface area contributed by atoms with Crippen molar-refractivity contribution in [3.63, 3.8) is 0 Å². The van der Waals surface area contributed by atoms with Gasteiger partial charge in [-0.05, 0) is 166 Å². The van der Waals surface area contributed by atoms with Gasteiger partial charge in [-0.15, -0.1) is 0 Å². The molecule has 1 aliphatic carbocycles. The fourth-order valence-electron chi connectivity index (χ4n) is 16.7. The second-order valence-corrected chi connectivity index (χ2v) is 34.7. The van der Waals surface area contributed by atoms with Crippen LogP contribution in [0.15, 0.2) is 218 Å². The summed E-state index contributed by atoms with van der Waals surface area (Å²) in [6.45, 7) is 13.6. The number of fused-ring (bicyclic) bond motifs is 5. The molecule has 10 aromatic rings. The number of sulfonamides is 1. The molecule has 7 amide bonds. The maximum absolute atomic E-state index is 16.1. The minimum absolute atomic E-state index is 0.0136. The minimum atomic E-state index is -4.43. The third-order valence-corrected chi connectivity index (χ3v) is 24.3. The van der Waals surface area contributed by atoms with Gasteiger partial charge >= 0.3 is 12.1 Å². The average molecular weight is 1700 g/mol. The zero-order valence-electron chi connectivity index (χ0n) is 70.8. The maximum atomic E-state index is 16.1. The molecule has 0 saturated carbocycles. The van der Waals surface area contributed by atoms with E-state index in [2.05, 4.69) is 47.3 Å². The van der Waals surface area contributed by atoms with E-state index in [1.54, 1.807) is 109 Å². The van der Waals surface area contributed by atoms with E-state index in [-0.39, 0.29) is 75.2 Å². The van der Waals surface area contributed by atoms with Crippen molar-refractivity contribution in [1.29, 1.82) is 5.41 Å². The summed E-state index contributed by atoms with van der Waals surface area (Å²) in [6, 6.07) is 50.2. The highest BCUT2D eigenvalue weighted by atomic mass is 32.2. The van der Waals surface area contributed by atoms with Crippen molar-refractivity contribution in [3.8, 4) is 16.9 Å². The molecule has 1 saturated heterocycles. The first-order valence-corrected chi connectivity index (χ1v) is 43.0. The molecule has 646 valence electrons. The number of guanidine groups is 1. The molecule has 0 bridgehead atoms. The number of para-hydroxylation sites is 1. The smallest absolute Gasteiger partial charge is 0.419 e. The number of carbonyl (C=O) groups is 9. The number of rotatable bonds is 20. The van der Waals surface area contributed by atoms with Gasteiger partial charge in [0.15, 0.2) is 0 Å². The summed E-state index contributed by atoms with van der Waals surface area (Å²) >= 11 is 0. The first-order valence-electron chi connectivity index (χ1n) is 41.6. The fraction of sp³-hybridized carbons (Fsp3) is 0.337. The summed E-state index contributed by atoms with van der Waals surface area (Å²) in [5.41, 5.74) is 7.32. The molecule has 13 rings (SSSR count). The average Bonchev–Trinajstić information content (AvgIpc) is 1.28. The monoisotopic (exact) mass is 1700 g/mol. The predicted molar refractivity (Wildman–Crippen MR) is 468 cm³/mol. The first-order chi connectivity index (χ1) is 59.4. The molecule has 29 heteroatoms. The predicted octanol–water partition coefficient (Wildman–Crippen LogP) is 11.4. The normalized spacial score (nSPS) is 18.7. The quantitative estimate of drug-likeness (QED) is 0.00854. The molecular weight excluding hydrogens is 1600 g/mol. The molecular formula is C95H104N13O15S-. The largest absolute Gasteiger partial charge is 0.607 e. The molecule has 8 aromatic carbocycles. The van der Waals surface area contributed by atoms with Gasteiger partial charge in [-0.3, -0.25) is 43.5 Å². The number of methoxy groups -OCH3 is 1. The number of carbonyl (C=O) groups excluding carboxylic acids is 9. The lowest BCUT2D eigenvalue weighted by Gasteiger charge is -2.37. The van der Waals surface area contributed by atoms with E-state index < -0.39 is 141 Å². The molecule has 2 aromatic heterocycles. The van der Waals surface area contributed by atoms with Crippen LogP contribution in [0.3, 0.4) is 0 Å². The number of hydrogen-bond donors (Lipinski definition) is 9. The second-order valence-electron chi connectivity index (χ2n) is 33.1. The second kappa shape index (κ2) is 38.3. The fourth-order valence-corrected chi connectivity index (χ4v) is 18.3. The molecule has 4 heterocycles. The van der Waals surface area contributed by atoms with Gasteiger partial charge in [0.2, 0.25) is 47.5 Å². The van der Waals surface area contributed by atoms with Crippen LogP contribution in [-0.4, -0.2) is 156 Å². The number of nitrogens with zero attached hydrogens (tertiary/aromatic N) is 4. The van der Waals surface area contributed by atoms with Crippen LogP contribution in [0, 0.1) is 26.2 Å². The Kier molecular flexibility index (Phi) is 27.3. The number of esters is 1. The Morgan fingerprint density at radius 1 is 0.637 bits per heavy atom. The SMILES string of the molecule is COC(=O)[C@@H]1CCCCNC(=O)C[C@H]([N-]C(=O)OCC2c3ccccc3-c3ccccc32)C(=O)N[C@@H](Cc2cn(C(c3ccccc3)(c3ccccc3)c3ccccc3)cn2)C(=O)N[C@H](Cc2ccccc2)C(=O)N[C@@H](CCCNC(=N)NS(=O)(=O)c2c(C)c(C)c3c(c2C)CC(C)(C)O3)C(=O)N[C@@H](Cc2cn(C(=O)OC(C)(C)C)c3ccccc23)C(=O)N1. The van der Waals surface area contributed by atoms with Crippen LogP contribution in [0.4, 0.5) is 9.59 Å². The molecule has 6 atom stereocenters. The Hall–Kier alpha value is -13.4. The third kappa shape index (κ3) is 20.3. The van der Waals surface area contributed by atoms with E-state index in [9.17, 15) is 27.6 Å². The van der Waals surface area contributed by atoms with Gasteiger partial charge in [0, 0.05) is 74.5 Å². The molecule has 0 spiro atoms. The van der Waals surface area contributed by atoms with Crippen LogP contribution in [-0.2, 0) is 89.0 Å². The van der Waals surface area contributed by atoms with Crippen molar-refractivity contribution in [1.82, 2.24) is 56.1 Å². The van der Waals surface area contributed by atoms with E-state index in [0.717, 1.165) is 51.6 Å². The van der Waals surface area contributed by atoms with E-state index in [0.29, 0.717) is 50.9 Å². The molecule has 9 N–H and O–H groups in total. The Morgan fingerprint density at radius 3 is 1.79 bits per heavy atom. The number of imidazole rings is 1. The van der Waals surface area contributed by atoms with Gasteiger partial charge in [-0.2, -0.15) is 0 Å². The molecule has 0 unspecified atom stereocenters. The van der Waals surface area contributed by atoms with Crippen molar-refractivity contribution in [2.75, 3.05) is 26.8 Å². The maximum Gasteiger partial charge on any atom is 0.419 e. The van der Waals surface area contributed by atoms with Crippen molar-refractivity contribution in [2.24, 2.45) is 0 Å². The molecule has 124 heavy (non-hydrogen) atoms. The number of ether oxygens (including phenoxy) is 4. The molecule has 0 radical (unpaired) electrons. The lowest BCUT2D eigenvalue weighted by Crippen LogP contribution is -2.60. The molecule has 28 nitrogen and oxygen atoms in total. The van der Waals surface area contributed by atoms with Crippen molar-refractivity contribution in [2.45, 2.75) is 183 Å². The van der Waals surface area contributed by atoms with Crippen LogP contribution in [0.1, 0.15) is 146 Å². The highest BCUT2D eigenvalue weighted by Gasteiger charge is 2.42. The summed E-state index contributed by atoms with van der Waals surface area (Å²) in [5.74, 6) is -6.95. The van der Waals surface area contributed by atoms with E-state index >= 15 is 24.0 Å².